The molecule has 0 aliphatic rings. The molecule has 1 heterocycles. The summed E-state index contributed by atoms with van der Waals surface area (Å²) in [4.78, 5) is 0. The second kappa shape index (κ2) is 7.86. The molecular formula is C15H24N+. The Kier molecular flexibility index (Phi) is 7.19. The highest BCUT2D eigenvalue weighted by molar-refractivity contribution is 5.83. The predicted molar refractivity (Wildman–Crippen MR) is 72.6 cm³/mol. The fourth-order valence-corrected chi connectivity index (χ4v) is 1.60. The second-order valence-electron chi connectivity index (χ2n) is 3.19. The number of rotatable bonds is 0. The molecule has 1 aromatic heterocycles. The molecule has 0 amide bonds. The molecule has 2 rings (SSSR count). The zero-order valence-electron chi connectivity index (χ0n) is 11.4. The van der Waals surface area contributed by atoms with Gasteiger partial charge >= 0.3 is 0 Å². The minimum Gasteiger partial charge on any atom is -0.207 e. The maximum Gasteiger partial charge on any atom is 0.176 e. The molecular weight excluding hydrogens is 194 g/mol. The molecule has 0 bridgehead atoms. The summed E-state index contributed by atoms with van der Waals surface area (Å²) >= 11 is 0. The van der Waals surface area contributed by atoms with Crippen LogP contribution in [0.3, 0.4) is 0 Å². The van der Waals surface area contributed by atoms with Crippen molar-refractivity contribution in [3.8, 4) is 0 Å². The minimum absolute atomic E-state index is 1.31. The van der Waals surface area contributed by atoms with Crippen LogP contribution in [-0.4, -0.2) is 0 Å². The van der Waals surface area contributed by atoms with Crippen molar-refractivity contribution in [3.63, 3.8) is 0 Å². The van der Waals surface area contributed by atoms with Gasteiger partial charge in [0.05, 0.1) is 0 Å². The lowest BCUT2D eigenvalue weighted by Crippen LogP contribution is -2.26. The summed E-state index contributed by atoms with van der Waals surface area (Å²) in [6.07, 6.45) is 4.28. The number of benzene rings is 1. The summed E-state index contributed by atoms with van der Waals surface area (Å²) < 4.78 is 2.09. The van der Waals surface area contributed by atoms with Crippen LogP contribution in [0.15, 0.2) is 36.7 Å². The van der Waals surface area contributed by atoms with Crippen molar-refractivity contribution in [2.75, 3.05) is 0 Å². The van der Waals surface area contributed by atoms with Gasteiger partial charge in [0.1, 0.15) is 7.05 Å². The number of aryl methyl sites for hydroxylation is 2. The first-order valence-electron chi connectivity index (χ1n) is 6.12. The summed E-state index contributed by atoms with van der Waals surface area (Å²) in [5, 5.41) is 2.65. The summed E-state index contributed by atoms with van der Waals surface area (Å²) in [7, 11) is 2.06. The van der Waals surface area contributed by atoms with E-state index in [2.05, 4.69) is 55.2 Å². The zero-order chi connectivity index (χ0) is 12.6. The van der Waals surface area contributed by atoms with Gasteiger partial charge in [-0.3, -0.25) is 0 Å². The first-order valence-corrected chi connectivity index (χ1v) is 6.12. The molecule has 1 nitrogen and oxygen atoms in total. The van der Waals surface area contributed by atoms with Crippen LogP contribution in [0.2, 0.25) is 0 Å². The van der Waals surface area contributed by atoms with Gasteiger partial charge in [0, 0.05) is 10.9 Å². The van der Waals surface area contributed by atoms with E-state index in [1.165, 1.54) is 16.3 Å². The van der Waals surface area contributed by atoms with E-state index in [-0.39, 0.29) is 0 Å². The molecule has 0 saturated heterocycles. The molecule has 1 aromatic carbocycles. The molecule has 0 spiro atoms. The molecule has 0 saturated carbocycles. The van der Waals surface area contributed by atoms with Gasteiger partial charge < -0.3 is 0 Å². The molecule has 0 aliphatic heterocycles. The van der Waals surface area contributed by atoms with Crippen LogP contribution < -0.4 is 4.57 Å². The standard InChI is InChI=1S/C11H12N.2C2H6/c1-9-7-12(2)8-10-5-3-4-6-11(9)10;2*1-2/h3-8H,1-2H3;2*1-2H3/q+1;;. The van der Waals surface area contributed by atoms with Gasteiger partial charge in [0.2, 0.25) is 0 Å². The Morgan fingerprint density at radius 3 is 2.06 bits per heavy atom. The van der Waals surface area contributed by atoms with Gasteiger partial charge in [0.15, 0.2) is 12.4 Å². The highest BCUT2D eigenvalue weighted by atomic mass is 14.9. The van der Waals surface area contributed by atoms with Crippen LogP contribution in [0.25, 0.3) is 10.8 Å². The van der Waals surface area contributed by atoms with E-state index in [1.807, 2.05) is 27.7 Å². The van der Waals surface area contributed by atoms with Crippen LogP contribution in [0.4, 0.5) is 0 Å². The third-order valence-corrected chi connectivity index (χ3v) is 2.13. The molecule has 1 heteroatoms. The van der Waals surface area contributed by atoms with Crippen molar-refractivity contribution in [3.05, 3.63) is 42.2 Å². The molecule has 0 fully saturated rings. The topological polar surface area (TPSA) is 3.88 Å². The van der Waals surface area contributed by atoms with E-state index in [1.54, 1.807) is 0 Å². The third-order valence-electron chi connectivity index (χ3n) is 2.13. The van der Waals surface area contributed by atoms with Gasteiger partial charge in [-0.15, -0.1) is 0 Å². The molecule has 0 N–H and O–H groups in total. The van der Waals surface area contributed by atoms with Crippen LogP contribution in [-0.2, 0) is 7.05 Å². The van der Waals surface area contributed by atoms with E-state index in [0.717, 1.165) is 0 Å². The Morgan fingerprint density at radius 1 is 0.875 bits per heavy atom. The SMILES string of the molecule is CC.CC.Cc1c[n+](C)cc2ccccc12. The van der Waals surface area contributed by atoms with Gasteiger partial charge in [-0.2, -0.15) is 0 Å². The third kappa shape index (κ3) is 3.65. The summed E-state index contributed by atoms with van der Waals surface area (Å²) in [5.41, 5.74) is 1.33. The average molecular weight is 218 g/mol. The van der Waals surface area contributed by atoms with Crippen molar-refractivity contribution in [1.29, 1.82) is 0 Å². The lowest BCUT2D eigenvalue weighted by Gasteiger charge is -1.98. The summed E-state index contributed by atoms with van der Waals surface area (Å²) in [6.45, 7) is 10.1. The van der Waals surface area contributed by atoms with E-state index >= 15 is 0 Å². The number of fused-ring (bicyclic) bond motifs is 1. The number of nitrogens with zero attached hydrogens (tertiary/aromatic N) is 1. The van der Waals surface area contributed by atoms with Crippen molar-refractivity contribution < 1.29 is 4.57 Å². The van der Waals surface area contributed by atoms with Crippen molar-refractivity contribution in [1.82, 2.24) is 0 Å². The molecule has 2 aromatic rings. The Hall–Kier alpha value is -1.37. The van der Waals surface area contributed by atoms with Crippen LogP contribution in [0.5, 0.6) is 0 Å². The van der Waals surface area contributed by atoms with Gasteiger partial charge in [-0.05, 0) is 18.4 Å². The largest absolute Gasteiger partial charge is 0.207 e. The Morgan fingerprint density at radius 2 is 1.44 bits per heavy atom. The predicted octanol–water partition coefficient (Wildman–Crippen LogP) is 4.03. The molecule has 0 atom stereocenters. The number of hydrogen-bond acceptors (Lipinski definition) is 0. The Labute approximate surface area is 99.7 Å². The minimum atomic E-state index is 1.31. The van der Waals surface area contributed by atoms with Crippen molar-refractivity contribution in [2.24, 2.45) is 7.05 Å². The zero-order valence-corrected chi connectivity index (χ0v) is 11.4. The maximum absolute atomic E-state index is 2.16. The van der Waals surface area contributed by atoms with E-state index < -0.39 is 0 Å². The number of hydrogen-bond donors (Lipinski definition) is 0. The van der Waals surface area contributed by atoms with E-state index in [9.17, 15) is 0 Å². The van der Waals surface area contributed by atoms with Crippen LogP contribution in [0.1, 0.15) is 33.3 Å². The highest BCUT2D eigenvalue weighted by Crippen LogP contribution is 2.14. The van der Waals surface area contributed by atoms with Crippen LogP contribution >= 0.6 is 0 Å². The van der Waals surface area contributed by atoms with Crippen LogP contribution in [0, 0.1) is 6.92 Å². The summed E-state index contributed by atoms with van der Waals surface area (Å²) in [6, 6.07) is 8.45. The molecule has 0 unspecified atom stereocenters. The fraction of sp³-hybridized carbons (Fsp3) is 0.400. The smallest absolute Gasteiger partial charge is 0.176 e. The normalized spacial score (nSPS) is 8.62. The number of pyridine rings is 1. The first-order chi connectivity index (χ1) is 7.77. The quantitative estimate of drug-likeness (QED) is 0.588. The molecule has 16 heavy (non-hydrogen) atoms. The van der Waals surface area contributed by atoms with Gasteiger partial charge in [-0.25, -0.2) is 4.57 Å². The van der Waals surface area contributed by atoms with Gasteiger partial charge in [0.25, 0.3) is 0 Å². The second-order valence-corrected chi connectivity index (χ2v) is 3.19. The van der Waals surface area contributed by atoms with Gasteiger partial charge in [-0.1, -0.05) is 45.9 Å². The van der Waals surface area contributed by atoms with Crippen molar-refractivity contribution in [2.45, 2.75) is 34.6 Å². The Balaban J connectivity index is 0.000000509. The monoisotopic (exact) mass is 218 g/mol. The Bertz CT molecular complexity index is 419. The maximum atomic E-state index is 2.16. The summed E-state index contributed by atoms with van der Waals surface area (Å²) in [5.74, 6) is 0. The lowest BCUT2D eigenvalue weighted by molar-refractivity contribution is -0.670. The lowest BCUT2D eigenvalue weighted by atomic mass is 10.1. The van der Waals surface area contributed by atoms with E-state index in [4.69, 9.17) is 0 Å². The molecule has 88 valence electrons. The molecule has 0 radical (unpaired) electrons. The number of aromatic nitrogens is 1. The van der Waals surface area contributed by atoms with Crippen molar-refractivity contribution >= 4 is 10.8 Å². The fourth-order valence-electron chi connectivity index (χ4n) is 1.60. The molecule has 0 aliphatic carbocycles. The average Bonchev–Trinajstić information content (AvgIpc) is 2.34. The van der Waals surface area contributed by atoms with E-state index in [0.29, 0.717) is 0 Å². The highest BCUT2D eigenvalue weighted by Gasteiger charge is 2.01. The first kappa shape index (κ1) is 14.6.